The molecule has 5 nitrogen and oxygen atoms in total. The predicted molar refractivity (Wildman–Crippen MR) is 56.8 cm³/mol. The Hall–Kier alpha value is -0.170. The van der Waals surface area contributed by atoms with Gasteiger partial charge in [0.25, 0.3) is 0 Å². The molecule has 0 radical (unpaired) electrons. The topological polar surface area (TPSA) is 67.4 Å². The molecule has 86 valence electrons. The van der Waals surface area contributed by atoms with Gasteiger partial charge in [-0.1, -0.05) is 0 Å². The fourth-order valence-electron chi connectivity index (χ4n) is 0.952. The Bertz CT molecular complexity index is 229. The fraction of sp³-hybridized carbons (Fsp3) is 1.00. The molecule has 0 rings (SSSR count). The largest absolute Gasteiger partial charge is 0.385 e. The number of rotatable bonds is 8. The van der Waals surface area contributed by atoms with Gasteiger partial charge in [0.05, 0.1) is 6.26 Å². The van der Waals surface area contributed by atoms with Gasteiger partial charge in [0.15, 0.2) is 0 Å². The summed E-state index contributed by atoms with van der Waals surface area (Å²) in [5.74, 6) is 0. The van der Waals surface area contributed by atoms with Gasteiger partial charge in [0.2, 0.25) is 10.0 Å². The van der Waals surface area contributed by atoms with Crippen molar-refractivity contribution in [3.63, 3.8) is 0 Å². The highest BCUT2D eigenvalue weighted by atomic mass is 32.2. The van der Waals surface area contributed by atoms with E-state index in [1.807, 2.05) is 6.92 Å². The van der Waals surface area contributed by atoms with Gasteiger partial charge in [-0.05, 0) is 13.3 Å². The molecule has 2 N–H and O–H groups in total. The molecule has 0 aromatic rings. The minimum atomic E-state index is -3.05. The number of methoxy groups -OCH3 is 1. The number of ether oxygens (including phenoxy) is 1. The average molecular weight is 224 g/mol. The second-order valence-electron chi connectivity index (χ2n) is 3.30. The van der Waals surface area contributed by atoms with Crippen LogP contribution in [0.25, 0.3) is 0 Å². The van der Waals surface area contributed by atoms with Crippen LogP contribution in [0, 0.1) is 0 Å². The van der Waals surface area contributed by atoms with E-state index < -0.39 is 10.0 Å². The lowest BCUT2D eigenvalue weighted by Gasteiger charge is -2.12. The van der Waals surface area contributed by atoms with Crippen LogP contribution in [-0.2, 0) is 14.8 Å². The van der Waals surface area contributed by atoms with Crippen LogP contribution in [0.1, 0.15) is 13.3 Å². The van der Waals surface area contributed by atoms with Crippen molar-refractivity contribution in [2.75, 3.05) is 33.1 Å². The average Bonchev–Trinajstić information content (AvgIpc) is 2.07. The van der Waals surface area contributed by atoms with E-state index in [9.17, 15) is 8.42 Å². The maximum absolute atomic E-state index is 10.7. The smallest absolute Gasteiger partial charge is 0.208 e. The Morgan fingerprint density at radius 1 is 1.36 bits per heavy atom. The first-order chi connectivity index (χ1) is 6.45. The molecule has 0 amide bonds. The number of nitrogens with one attached hydrogen (secondary N) is 2. The van der Waals surface area contributed by atoms with E-state index in [1.54, 1.807) is 7.11 Å². The lowest BCUT2D eigenvalue weighted by molar-refractivity contribution is 0.185. The third-order valence-corrected chi connectivity index (χ3v) is 2.47. The fourth-order valence-corrected chi connectivity index (χ4v) is 1.42. The summed E-state index contributed by atoms with van der Waals surface area (Å²) < 4.78 is 28.7. The summed E-state index contributed by atoms with van der Waals surface area (Å²) in [6.45, 7) is 3.82. The molecule has 0 saturated heterocycles. The molecule has 0 heterocycles. The zero-order valence-electron chi connectivity index (χ0n) is 9.04. The summed E-state index contributed by atoms with van der Waals surface area (Å²) in [4.78, 5) is 0. The molecule has 0 aliphatic carbocycles. The van der Waals surface area contributed by atoms with Crippen molar-refractivity contribution in [2.45, 2.75) is 19.4 Å². The summed E-state index contributed by atoms with van der Waals surface area (Å²) in [5.41, 5.74) is 0. The van der Waals surface area contributed by atoms with Gasteiger partial charge in [-0.25, -0.2) is 13.1 Å². The molecule has 0 aromatic carbocycles. The number of hydrogen-bond acceptors (Lipinski definition) is 4. The van der Waals surface area contributed by atoms with Crippen LogP contribution in [-0.4, -0.2) is 47.5 Å². The van der Waals surface area contributed by atoms with Gasteiger partial charge in [-0.3, -0.25) is 0 Å². The molecule has 1 unspecified atom stereocenters. The monoisotopic (exact) mass is 224 g/mol. The summed E-state index contributed by atoms with van der Waals surface area (Å²) >= 11 is 0. The normalized spacial score (nSPS) is 14.2. The highest BCUT2D eigenvalue weighted by Crippen LogP contribution is 1.89. The molecule has 0 fully saturated rings. The summed E-state index contributed by atoms with van der Waals surface area (Å²) in [5, 5.41) is 3.18. The van der Waals surface area contributed by atoms with Crippen LogP contribution in [0.2, 0.25) is 0 Å². The van der Waals surface area contributed by atoms with E-state index in [4.69, 9.17) is 4.74 Å². The third-order valence-electron chi connectivity index (χ3n) is 1.74. The molecular formula is C8H20N2O3S. The predicted octanol–water partition coefficient (Wildman–Crippen LogP) is -0.450. The summed E-state index contributed by atoms with van der Waals surface area (Å²) in [7, 11) is -1.39. The molecule has 14 heavy (non-hydrogen) atoms. The molecule has 0 aliphatic rings. The summed E-state index contributed by atoms with van der Waals surface area (Å²) in [6, 6.07) is 0.344. The minimum Gasteiger partial charge on any atom is -0.385 e. The SMILES string of the molecule is COCCC(C)NCCNS(C)(=O)=O. The second kappa shape index (κ2) is 7.17. The van der Waals surface area contributed by atoms with Crippen molar-refractivity contribution < 1.29 is 13.2 Å². The minimum absolute atomic E-state index is 0.344. The molecule has 1 atom stereocenters. The van der Waals surface area contributed by atoms with Crippen LogP contribution >= 0.6 is 0 Å². The number of sulfonamides is 1. The lowest BCUT2D eigenvalue weighted by Crippen LogP contribution is -2.35. The number of hydrogen-bond donors (Lipinski definition) is 2. The second-order valence-corrected chi connectivity index (χ2v) is 5.14. The Morgan fingerprint density at radius 2 is 2.00 bits per heavy atom. The highest BCUT2D eigenvalue weighted by molar-refractivity contribution is 7.88. The Morgan fingerprint density at radius 3 is 2.50 bits per heavy atom. The molecule has 0 aliphatic heterocycles. The first kappa shape index (κ1) is 13.8. The molecule has 0 spiro atoms. The van der Waals surface area contributed by atoms with Crippen LogP contribution in [0.4, 0.5) is 0 Å². The van der Waals surface area contributed by atoms with Gasteiger partial charge in [0, 0.05) is 32.8 Å². The van der Waals surface area contributed by atoms with Gasteiger partial charge < -0.3 is 10.1 Å². The van der Waals surface area contributed by atoms with E-state index in [-0.39, 0.29) is 0 Å². The van der Waals surface area contributed by atoms with Crippen molar-refractivity contribution in [3.8, 4) is 0 Å². The molecule has 0 saturated carbocycles. The van der Waals surface area contributed by atoms with E-state index in [0.29, 0.717) is 25.7 Å². The lowest BCUT2D eigenvalue weighted by atomic mass is 10.2. The standard InChI is InChI=1S/C8H20N2O3S/c1-8(4-7-13-2)9-5-6-10-14(3,11)12/h8-10H,4-7H2,1-3H3. The Balaban J connectivity index is 3.36. The summed E-state index contributed by atoms with van der Waals surface area (Å²) in [6.07, 6.45) is 2.08. The molecular weight excluding hydrogens is 204 g/mol. The van der Waals surface area contributed by atoms with Crippen LogP contribution in [0.3, 0.4) is 0 Å². The molecule has 0 bridgehead atoms. The van der Waals surface area contributed by atoms with E-state index >= 15 is 0 Å². The van der Waals surface area contributed by atoms with Crippen LogP contribution in [0.5, 0.6) is 0 Å². The zero-order valence-corrected chi connectivity index (χ0v) is 9.86. The molecule has 6 heteroatoms. The Kier molecular flexibility index (Phi) is 7.08. The first-order valence-electron chi connectivity index (χ1n) is 4.62. The van der Waals surface area contributed by atoms with Crippen molar-refractivity contribution in [3.05, 3.63) is 0 Å². The van der Waals surface area contributed by atoms with E-state index in [1.165, 1.54) is 0 Å². The van der Waals surface area contributed by atoms with Crippen molar-refractivity contribution in [2.24, 2.45) is 0 Å². The molecule has 0 aromatic heterocycles. The van der Waals surface area contributed by atoms with Crippen molar-refractivity contribution in [1.82, 2.24) is 10.0 Å². The van der Waals surface area contributed by atoms with E-state index in [2.05, 4.69) is 10.0 Å². The van der Waals surface area contributed by atoms with Crippen LogP contribution < -0.4 is 10.0 Å². The van der Waals surface area contributed by atoms with Gasteiger partial charge in [0.1, 0.15) is 0 Å². The Labute approximate surface area is 86.3 Å². The zero-order chi connectivity index (χ0) is 11.0. The third kappa shape index (κ3) is 9.91. The maximum atomic E-state index is 10.7. The maximum Gasteiger partial charge on any atom is 0.208 e. The van der Waals surface area contributed by atoms with Gasteiger partial charge in [-0.2, -0.15) is 0 Å². The quantitative estimate of drug-likeness (QED) is 0.548. The van der Waals surface area contributed by atoms with Crippen molar-refractivity contribution >= 4 is 10.0 Å². The van der Waals surface area contributed by atoms with Crippen LogP contribution in [0.15, 0.2) is 0 Å². The van der Waals surface area contributed by atoms with Gasteiger partial charge in [-0.15, -0.1) is 0 Å². The van der Waals surface area contributed by atoms with E-state index in [0.717, 1.165) is 12.7 Å². The highest BCUT2D eigenvalue weighted by Gasteiger charge is 2.01. The van der Waals surface area contributed by atoms with Crippen molar-refractivity contribution in [1.29, 1.82) is 0 Å². The first-order valence-corrected chi connectivity index (χ1v) is 6.52. The van der Waals surface area contributed by atoms with Gasteiger partial charge >= 0.3 is 0 Å².